The van der Waals surface area contributed by atoms with Gasteiger partial charge in [0.2, 0.25) is 0 Å². The van der Waals surface area contributed by atoms with Crippen molar-refractivity contribution in [3.05, 3.63) is 0 Å². The smallest absolute Gasteiger partial charge is 0.0731 e. The number of hydrogen-bond donors (Lipinski definition) is 1. The molecule has 1 saturated heterocycles. The van der Waals surface area contributed by atoms with Gasteiger partial charge in [0.15, 0.2) is 0 Å². The van der Waals surface area contributed by atoms with E-state index >= 15 is 0 Å². The molecular weight excluding hydrogens is 224 g/mol. The molecule has 1 N–H and O–H groups in total. The summed E-state index contributed by atoms with van der Waals surface area (Å²) < 4.78 is 5.94. The fourth-order valence-electron chi connectivity index (χ4n) is 3.96. The SMILES string of the molecule is CCCC(NC)C(CC)N1CCOC2CCCC21. The first-order valence-corrected chi connectivity index (χ1v) is 7.86. The van der Waals surface area contributed by atoms with Gasteiger partial charge in [-0.3, -0.25) is 4.90 Å². The van der Waals surface area contributed by atoms with Gasteiger partial charge in [0, 0.05) is 24.7 Å². The van der Waals surface area contributed by atoms with Gasteiger partial charge >= 0.3 is 0 Å². The predicted octanol–water partition coefficient (Wildman–Crippen LogP) is 2.41. The third kappa shape index (κ3) is 2.89. The van der Waals surface area contributed by atoms with Crippen LogP contribution in [0.4, 0.5) is 0 Å². The Bertz CT molecular complexity index is 247. The van der Waals surface area contributed by atoms with Gasteiger partial charge in [-0.2, -0.15) is 0 Å². The maximum absolute atomic E-state index is 5.94. The molecule has 2 aliphatic rings. The van der Waals surface area contributed by atoms with Crippen molar-refractivity contribution in [2.45, 2.75) is 76.6 Å². The number of nitrogens with zero attached hydrogens (tertiary/aromatic N) is 1. The standard InChI is InChI=1S/C15H30N2O/c1-4-7-12(16-3)13(5-2)17-10-11-18-15-9-6-8-14(15)17/h12-16H,4-11H2,1-3H3. The van der Waals surface area contributed by atoms with Crippen molar-refractivity contribution in [1.82, 2.24) is 10.2 Å². The van der Waals surface area contributed by atoms with Crippen LogP contribution < -0.4 is 5.32 Å². The van der Waals surface area contributed by atoms with Gasteiger partial charge in [0.05, 0.1) is 12.7 Å². The van der Waals surface area contributed by atoms with E-state index < -0.39 is 0 Å². The van der Waals surface area contributed by atoms with Gasteiger partial charge in [0.25, 0.3) is 0 Å². The summed E-state index contributed by atoms with van der Waals surface area (Å²) in [6.07, 6.45) is 8.27. The summed E-state index contributed by atoms with van der Waals surface area (Å²) in [7, 11) is 2.12. The Morgan fingerprint density at radius 3 is 2.83 bits per heavy atom. The molecular formula is C15H30N2O. The van der Waals surface area contributed by atoms with Crippen molar-refractivity contribution in [1.29, 1.82) is 0 Å². The molecule has 2 fully saturated rings. The molecule has 4 unspecified atom stereocenters. The molecule has 1 heterocycles. The van der Waals surface area contributed by atoms with Gasteiger partial charge in [-0.15, -0.1) is 0 Å². The number of hydrogen-bond acceptors (Lipinski definition) is 3. The average molecular weight is 254 g/mol. The van der Waals surface area contributed by atoms with Crippen LogP contribution in [-0.4, -0.2) is 49.3 Å². The summed E-state index contributed by atoms with van der Waals surface area (Å²) >= 11 is 0. The van der Waals surface area contributed by atoms with Gasteiger partial charge in [-0.1, -0.05) is 20.3 Å². The highest BCUT2D eigenvalue weighted by atomic mass is 16.5. The van der Waals surface area contributed by atoms with Crippen LogP contribution in [0.2, 0.25) is 0 Å². The van der Waals surface area contributed by atoms with E-state index in [0.29, 0.717) is 24.2 Å². The molecule has 0 amide bonds. The van der Waals surface area contributed by atoms with Gasteiger partial charge in [-0.25, -0.2) is 0 Å². The zero-order valence-corrected chi connectivity index (χ0v) is 12.3. The van der Waals surface area contributed by atoms with Crippen LogP contribution in [0.5, 0.6) is 0 Å². The Hall–Kier alpha value is -0.120. The van der Waals surface area contributed by atoms with Crippen LogP contribution in [0.3, 0.4) is 0 Å². The first kappa shape index (κ1) is 14.3. The maximum atomic E-state index is 5.94. The minimum absolute atomic E-state index is 0.520. The lowest BCUT2D eigenvalue weighted by Crippen LogP contribution is -2.58. The minimum Gasteiger partial charge on any atom is -0.375 e. The van der Waals surface area contributed by atoms with E-state index in [2.05, 4.69) is 31.1 Å². The highest BCUT2D eigenvalue weighted by Gasteiger charge is 2.40. The van der Waals surface area contributed by atoms with Crippen LogP contribution in [0.15, 0.2) is 0 Å². The van der Waals surface area contributed by atoms with Crippen LogP contribution >= 0.6 is 0 Å². The molecule has 1 saturated carbocycles. The van der Waals surface area contributed by atoms with Crippen LogP contribution in [0.25, 0.3) is 0 Å². The number of fused-ring (bicyclic) bond motifs is 1. The normalized spacial score (nSPS) is 32.2. The van der Waals surface area contributed by atoms with Crippen LogP contribution in [0, 0.1) is 0 Å². The van der Waals surface area contributed by atoms with Crippen molar-refractivity contribution >= 4 is 0 Å². The fraction of sp³-hybridized carbons (Fsp3) is 1.00. The molecule has 4 atom stereocenters. The van der Waals surface area contributed by atoms with Crippen molar-refractivity contribution in [2.24, 2.45) is 0 Å². The topological polar surface area (TPSA) is 24.5 Å². The number of ether oxygens (including phenoxy) is 1. The monoisotopic (exact) mass is 254 g/mol. The quantitative estimate of drug-likeness (QED) is 0.788. The molecule has 0 radical (unpaired) electrons. The molecule has 0 spiro atoms. The largest absolute Gasteiger partial charge is 0.375 e. The summed E-state index contributed by atoms with van der Waals surface area (Å²) in [6, 6.07) is 2.01. The van der Waals surface area contributed by atoms with E-state index in [9.17, 15) is 0 Å². The van der Waals surface area contributed by atoms with E-state index in [1.165, 1.54) is 38.5 Å². The number of morpholine rings is 1. The number of likely N-dealkylation sites (N-methyl/N-ethyl adjacent to an activating group) is 1. The highest BCUT2D eigenvalue weighted by Crippen LogP contribution is 2.32. The van der Waals surface area contributed by atoms with Crippen molar-refractivity contribution in [3.63, 3.8) is 0 Å². The molecule has 1 aliphatic carbocycles. The number of rotatable bonds is 6. The van der Waals surface area contributed by atoms with Crippen molar-refractivity contribution < 1.29 is 4.74 Å². The first-order valence-electron chi connectivity index (χ1n) is 7.86. The van der Waals surface area contributed by atoms with E-state index in [4.69, 9.17) is 4.74 Å². The van der Waals surface area contributed by atoms with Crippen LogP contribution in [0.1, 0.15) is 52.4 Å². The lowest BCUT2D eigenvalue weighted by molar-refractivity contribution is -0.0775. The molecule has 3 heteroatoms. The second kappa shape index (κ2) is 6.88. The van der Waals surface area contributed by atoms with Crippen molar-refractivity contribution in [2.75, 3.05) is 20.2 Å². The second-order valence-corrected chi connectivity index (χ2v) is 5.80. The molecule has 2 rings (SSSR count). The number of nitrogens with one attached hydrogen (secondary N) is 1. The molecule has 1 aliphatic heterocycles. The molecule has 0 aromatic rings. The summed E-state index contributed by atoms with van der Waals surface area (Å²) in [5, 5.41) is 3.55. The molecule has 0 aromatic heterocycles. The van der Waals surface area contributed by atoms with Gasteiger partial charge in [-0.05, 0) is 39.2 Å². The third-order valence-electron chi connectivity index (χ3n) is 4.80. The highest BCUT2D eigenvalue weighted by molar-refractivity contribution is 4.95. The summed E-state index contributed by atoms with van der Waals surface area (Å²) in [5.74, 6) is 0. The molecule has 106 valence electrons. The fourth-order valence-corrected chi connectivity index (χ4v) is 3.96. The predicted molar refractivity (Wildman–Crippen MR) is 75.9 cm³/mol. The van der Waals surface area contributed by atoms with Crippen molar-refractivity contribution in [3.8, 4) is 0 Å². The minimum atomic E-state index is 0.520. The Morgan fingerprint density at radius 1 is 1.33 bits per heavy atom. The van der Waals surface area contributed by atoms with E-state index in [1.54, 1.807) is 0 Å². The Kier molecular flexibility index (Phi) is 5.46. The summed E-state index contributed by atoms with van der Waals surface area (Å²) in [5.41, 5.74) is 0. The zero-order chi connectivity index (χ0) is 13.0. The zero-order valence-electron chi connectivity index (χ0n) is 12.3. The molecule has 0 aromatic carbocycles. The Labute approximate surface area is 112 Å². The van der Waals surface area contributed by atoms with Crippen LogP contribution in [-0.2, 0) is 4.74 Å². The molecule has 3 nitrogen and oxygen atoms in total. The average Bonchev–Trinajstić information content (AvgIpc) is 2.87. The van der Waals surface area contributed by atoms with Gasteiger partial charge in [0.1, 0.15) is 0 Å². The van der Waals surface area contributed by atoms with E-state index in [0.717, 1.165) is 13.2 Å². The molecule has 0 bridgehead atoms. The van der Waals surface area contributed by atoms with E-state index in [1.807, 2.05) is 0 Å². The summed E-state index contributed by atoms with van der Waals surface area (Å²) in [4.78, 5) is 2.76. The lowest BCUT2D eigenvalue weighted by atomic mass is 9.96. The molecule has 18 heavy (non-hydrogen) atoms. The first-order chi connectivity index (χ1) is 8.81. The lowest BCUT2D eigenvalue weighted by Gasteiger charge is -2.45. The second-order valence-electron chi connectivity index (χ2n) is 5.80. The van der Waals surface area contributed by atoms with Gasteiger partial charge < -0.3 is 10.1 Å². The third-order valence-corrected chi connectivity index (χ3v) is 4.80. The maximum Gasteiger partial charge on any atom is 0.0731 e. The Morgan fingerprint density at radius 2 is 2.17 bits per heavy atom. The Balaban J connectivity index is 2.05. The van der Waals surface area contributed by atoms with E-state index in [-0.39, 0.29) is 0 Å². The summed E-state index contributed by atoms with van der Waals surface area (Å²) in [6.45, 7) is 6.68.